The third-order valence-electron chi connectivity index (χ3n) is 3.65. The first-order valence-electron chi connectivity index (χ1n) is 7.85. The summed E-state index contributed by atoms with van der Waals surface area (Å²) in [5.41, 5.74) is 0. The average molecular weight is 487 g/mol. The van der Waals surface area contributed by atoms with Crippen molar-refractivity contribution in [1.29, 1.82) is 0 Å². The summed E-state index contributed by atoms with van der Waals surface area (Å²) in [6, 6.07) is 4.49. The van der Waals surface area contributed by atoms with Gasteiger partial charge in [0.15, 0.2) is 15.8 Å². The Morgan fingerprint density at radius 1 is 1.38 bits per heavy atom. The molecule has 2 N–H and O–H groups in total. The fourth-order valence-electron chi connectivity index (χ4n) is 1.89. The van der Waals surface area contributed by atoms with Crippen LogP contribution in [-0.4, -0.2) is 44.5 Å². The number of nitrogens with zero attached hydrogens (tertiary/aromatic N) is 1. The van der Waals surface area contributed by atoms with Gasteiger partial charge in [-0.05, 0) is 46.8 Å². The Labute approximate surface area is 167 Å². The first-order valence-corrected chi connectivity index (χ1v) is 10.6. The highest BCUT2D eigenvalue weighted by Crippen LogP contribution is 2.17. The normalized spacial score (nSPS) is 14.0. The molecule has 140 valence electrons. The Morgan fingerprint density at radius 3 is 2.46 bits per heavy atom. The zero-order chi connectivity index (χ0) is 17.7. The van der Waals surface area contributed by atoms with E-state index in [0.29, 0.717) is 5.96 Å². The van der Waals surface area contributed by atoms with Gasteiger partial charge in [0.25, 0.3) is 0 Å². The van der Waals surface area contributed by atoms with E-state index in [2.05, 4.69) is 41.6 Å². The van der Waals surface area contributed by atoms with Gasteiger partial charge in [-0.1, -0.05) is 0 Å². The minimum Gasteiger partial charge on any atom is -0.357 e. The van der Waals surface area contributed by atoms with E-state index in [4.69, 9.17) is 0 Å². The zero-order valence-electron chi connectivity index (χ0n) is 15.3. The molecule has 0 spiro atoms. The molecule has 24 heavy (non-hydrogen) atoms. The molecule has 0 aliphatic rings. The van der Waals surface area contributed by atoms with Crippen molar-refractivity contribution in [1.82, 2.24) is 10.6 Å². The monoisotopic (exact) mass is 487 g/mol. The van der Waals surface area contributed by atoms with E-state index < -0.39 is 14.6 Å². The fraction of sp³-hybridized carbons (Fsp3) is 0.688. The highest BCUT2D eigenvalue weighted by molar-refractivity contribution is 14.0. The summed E-state index contributed by atoms with van der Waals surface area (Å²) >= 11 is 1.80. The third kappa shape index (κ3) is 7.69. The maximum Gasteiger partial charge on any atom is 0.191 e. The number of aliphatic imine (C=N–C) groups is 1. The van der Waals surface area contributed by atoms with E-state index >= 15 is 0 Å². The van der Waals surface area contributed by atoms with E-state index in [0.717, 1.165) is 13.0 Å². The number of aryl methyl sites for hydroxylation is 1. The standard InChI is InChI=1S/C16H29N3O2S2.HI/c1-7-17-15(18-11-16(4,5)23(6,20)21)19-12(2)10-14-9-8-13(3)22-14;/h8-9,12H,7,10-11H2,1-6H3,(H2,17,18,19);1H. The summed E-state index contributed by atoms with van der Waals surface area (Å²) in [5.74, 6) is 0.657. The van der Waals surface area contributed by atoms with Crippen LogP contribution in [0.1, 0.15) is 37.4 Å². The highest BCUT2D eigenvalue weighted by atomic mass is 127. The van der Waals surface area contributed by atoms with Crippen LogP contribution in [0.25, 0.3) is 0 Å². The van der Waals surface area contributed by atoms with Gasteiger partial charge in [0.2, 0.25) is 0 Å². The Balaban J connectivity index is 0.00000529. The molecule has 0 bridgehead atoms. The van der Waals surface area contributed by atoms with Gasteiger partial charge >= 0.3 is 0 Å². The molecule has 0 aliphatic carbocycles. The Bertz CT molecular complexity index is 640. The van der Waals surface area contributed by atoms with E-state index in [1.165, 1.54) is 16.0 Å². The minimum atomic E-state index is -3.15. The molecule has 0 aromatic carbocycles. The van der Waals surface area contributed by atoms with Gasteiger partial charge in [0.1, 0.15) is 0 Å². The number of sulfone groups is 1. The second kappa shape index (κ2) is 9.96. The number of rotatable bonds is 7. The summed E-state index contributed by atoms with van der Waals surface area (Å²) < 4.78 is 22.7. The van der Waals surface area contributed by atoms with E-state index in [1.807, 2.05) is 6.92 Å². The van der Waals surface area contributed by atoms with Crippen molar-refractivity contribution >= 4 is 51.1 Å². The predicted octanol–water partition coefficient (Wildman–Crippen LogP) is 2.98. The van der Waals surface area contributed by atoms with Crippen LogP contribution in [0.15, 0.2) is 17.1 Å². The van der Waals surface area contributed by atoms with Crippen molar-refractivity contribution in [2.75, 3.05) is 19.3 Å². The molecule has 0 amide bonds. The molecule has 1 heterocycles. The van der Waals surface area contributed by atoms with E-state index in [1.54, 1.807) is 25.2 Å². The van der Waals surface area contributed by atoms with Crippen molar-refractivity contribution in [3.05, 3.63) is 21.9 Å². The van der Waals surface area contributed by atoms with Crippen LogP contribution >= 0.6 is 35.3 Å². The van der Waals surface area contributed by atoms with Crippen LogP contribution in [0, 0.1) is 6.92 Å². The Morgan fingerprint density at radius 2 is 2.00 bits per heavy atom. The van der Waals surface area contributed by atoms with Gasteiger partial charge in [-0.2, -0.15) is 0 Å². The lowest BCUT2D eigenvalue weighted by Crippen LogP contribution is -2.44. The number of thiophene rings is 1. The van der Waals surface area contributed by atoms with Gasteiger partial charge in [0.05, 0.1) is 11.3 Å². The predicted molar refractivity (Wildman–Crippen MR) is 116 cm³/mol. The molecule has 0 aliphatic heterocycles. The number of hydrogen-bond donors (Lipinski definition) is 2. The first-order chi connectivity index (χ1) is 10.5. The lowest BCUT2D eigenvalue weighted by atomic mass is 10.2. The number of guanidine groups is 1. The van der Waals surface area contributed by atoms with Crippen LogP contribution < -0.4 is 10.6 Å². The van der Waals surface area contributed by atoms with Crippen molar-refractivity contribution < 1.29 is 8.42 Å². The SMILES string of the molecule is CCNC(=NCC(C)(C)S(C)(=O)=O)NC(C)Cc1ccc(C)s1.I. The lowest BCUT2D eigenvalue weighted by Gasteiger charge is -2.22. The fourth-order valence-corrected chi connectivity index (χ4v) is 3.21. The first kappa shape index (κ1) is 23.6. The van der Waals surface area contributed by atoms with Crippen LogP contribution in [-0.2, 0) is 16.3 Å². The summed E-state index contributed by atoms with van der Waals surface area (Å²) in [6.07, 6.45) is 2.17. The van der Waals surface area contributed by atoms with Crippen molar-refractivity contribution in [2.24, 2.45) is 4.99 Å². The summed E-state index contributed by atoms with van der Waals surface area (Å²) in [5, 5.41) is 6.53. The van der Waals surface area contributed by atoms with Crippen molar-refractivity contribution in [3.63, 3.8) is 0 Å². The second-order valence-electron chi connectivity index (χ2n) is 6.49. The molecule has 5 nitrogen and oxygen atoms in total. The Hall–Kier alpha value is -0.350. The largest absolute Gasteiger partial charge is 0.357 e. The van der Waals surface area contributed by atoms with Gasteiger partial charge in [-0.15, -0.1) is 35.3 Å². The lowest BCUT2D eigenvalue weighted by molar-refractivity contribution is 0.553. The summed E-state index contributed by atoms with van der Waals surface area (Å²) in [7, 11) is -3.15. The highest BCUT2D eigenvalue weighted by Gasteiger charge is 2.30. The van der Waals surface area contributed by atoms with Crippen LogP contribution in [0.5, 0.6) is 0 Å². The average Bonchev–Trinajstić information content (AvgIpc) is 2.80. The Kier molecular flexibility index (Phi) is 9.81. The van der Waals surface area contributed by atoms with Gasteiger partial charge in [0, 0.05) is 35.0 Å². The van der Waals surface area contributed by atoms with Crippen LogP contribution in [0.4, 0.5) is 0 Å². The number of halogens is 1. The van der Waals surface area contributed by atoms with E-state index in [-0.39, 0.29) is 36.6 Å². The minimum absolute atomic E-state index is 0. The smallest absolute Gasteiger partial charge is 0.191 e. The molecule has 0 fully saturated rings. The maximum atomic E-state index is 11.8. The van der Waals surface area contributed by atoms with Crippen LogP contribution in [0.3, 0.4) is 0 Å². The number of hydrogen-bond acceptors (Lipinski definition) is 4. The molecule has 0 saturated heterocycles. The molecule has 1 aromatic heterocycles. The molecule has 1 rings (SSSR count). The van der Waals surface area contributed by atoms with Gasteiger partial charge in [-0.3, -0.25) is 4.99 Å². The molecular weight excluding hydrogens is 457 g/mol. The van der Waals surface area contributed by atoms with E-state index in [9.17, 15) is 8.42 Å². The van der Waals surface area contributed by atoms with Gasteiger partial charge < -0.3 is 10.6 Å². The molecule has 0 radical (unpaired) electrons. The maximum absolute atomic E-state index is 11.8. The van der Waals surface area contributed by atoms with Crippen LogP contribution in [0.2, 0.25) is 0 Å². The van der Waals surface area contributed by atoms with Crippen molar-refractivity contribution in [2.45, 2.75) is 51.8 Å². The summed E-state index contributed by atoms with van der Waals surface area (Å²) in [6.45, 7) is 10.6. The number of nitrogens with one attached hydrogen (secondary N) is 2. The molecule has 1 atom stereocenters. The molecule has 8 heteroatoms. The topological polar surface area (TPSA) is 70.6 Å². The van der Waals surface area contributed by atoms with Crippen molar-refractivity contribution in [3.8, 4) is 0 Å². The molecular formula is C16H30IN3O2S2. The molecule has 1 unspecified atom stereocenters. The molecule has 1 aromatic rings. The molecule has 0 saturated carbocycles. The third-order valence-corrected chi connectivity index (χ3v) is 6.81. The van der Waals surface area contributed by atoms with Gasteiger partial charge in [-0.25, -0.2) is 8.42 Å². The summed E-state index contributed by atoms with van der Waals surface area (Å²) in [4.78, 5) is 7.09. The quantitative estimate of drug-likeness (QED) is 0.353. The zero-order valence-corrected chi connectivity index (χ0v) is 19.3. The second-order valence-corrected chi connectivity index (χ2v) is 10.5.